The molecule has 20 heavy (non-hydrogen) atoms. The van der Waals surface area contributed by atoms with Crippen LogP contribution in [-0.2, 0) is 0 Å². The molecule has 0 spiro atoms. The third kappa shape index (κ3) is 2.66. The van der Waals surface area contributed by atoms with Crippen molar-refractivity contribution in [3.05, 3.63) is 62.8 Å². The van der Waals surface area contributed by atoms with E-state index in [1.807, 2.05) is 36.5 Å². The quantitative estimate of drug-likeness (QED) is 0.607. The lowest BCUT2D eigenvalue weighted by Crippen LogP contribution is -2.12. The number of rotatable bonds is 2. The maximum absolute atomic E-state index is 12.3. The maximum atomic E-state index is 12.3. The average molecular weight is 397 g/mol. The van der Waals surface area contributed by atoms with Crippen molar-refractivity contribution in [2.75, 3.05) is 5.32 Å². The molecule has 0 fully saturated rings. The van der Waals surface area contributed by atoms with Gasteiger partial charge in [-0.05, 0) is 64.4 Å². The Morgan fingerprint density at radius 3 is 2.80 bits per heavy atom. The van der Waals surface area contributed by atoms with Crippen LogP contribution in [0.5, 0.6) is 0 Å². The number of carbonyl (C=O) groups is 1. The van der Waals surface area contributed by atoms with Gasteiger partial charge in [0.1, 0.15) is 0 Å². The molecule has 0 bridgehead atoms. The van der Waals surface area contributed by atoms with Crippen molar-refractivity contribution in [3.8, 4) is 0 Å². The van der Waals surface area contributed by atoms with Crippen LogP contribution in [0.3, 0.4) is 0 Å². The number of aromatic amines is 1. The van der Waals surface area contributed by atoms with Crippen LogP contribution < -0.4 is 5.32 Å². The fraction of sp³-hybridized carbons (Fsp3) is 0. The first-order chi connectivity index (χ1) is 9.63. The van der Waals surface area contributed by atoms with Crippen LogP contribution in [-0.4, -0.2) is 10.9 Å². The van der Waals surface area contributed by atoms with E-state index >= 15 is 0 Å². The third-order valence-corrected chi connectivity index (χ3v) is 4.12. The van der Waals surface area contributed by atoms with Crippen molar-refractivity contribution in [1.29, 1.82) is 0 Å². The molecule has 2 N–H and O–H groups in total. The Balaban J connectivity index is 1.88. The van der Waals surface area contributed by atoms with Gasteiger partial charge in [-0.25, -0.2) is 0 Å². The van der Waals surface area contributed by atoms with E-state index in [2.05, 4.69) is 32.9 Å². The number of nitrogens with one attached hydrogen (secondary N) is 2. The first-order valence-corrected chi connectivity index (χ1v) is 7.43. The summed E-state index contributed by atoms with van der Waals surface area (Å²) in [7, 11) is 0. The number of hydrogen-bond acceptors (Lipinski definition) is 1. The Morgan fingerprint density at radius 2 is 2.00 bits per heavy atom. The molecule has 5 heteroatoms. The number of aromatic nitrogens is 1. The van der Waals surface area contributed by atoms with Crippen molar-refractivity contribution in [2.45, 2.75) is 0 Å². The molecule has 3 nitrogen and oxygen atoms in total. The van der Waals surface area contributed by atoms with Crippen LogP contribution in [0.1, 0.15) is 10.4 Å². The number of hydrogen-bond donors (Lipinski definition) is 2. The van der Waals surface area contributed by atoms with Gasteiger partial charge >= 0.3 is 0 Å². The minimum absolute atomic E-state index is 0.137. The average Bonchev–Trinajstić information content (AvgIpc) is 2.89. The van der Waals surface area contributed by atoms with Gasteiger partial charge in [0.05, 0.1) is 5.69 Å². The van der Waals surface area contributed by atoms with Crippen LogP contribution in [0.25, 0.3) is 10.9 Å². The summed E-state index contributed by atoms with van der Waals surface area (Å²) < 4.78 is 0.907. The van der Waals surface area contributed by atoms with Crippen LogP contribution in [0.4, 0.5) is 5.69 Å². The smallest absolute Gasteiger partial charge is 0.255 e. The molecule has 0 unspecified atom stereocenters. The number of carbonyl (C=O) groups excluding carboxylic acids is 1. The van der Waals surface area contributed by atoms with Crippen molar-refractivity contribution >= 4 is 56.7 Å². The molecule has 3 rings (SSSR count). The lowest BCUT2D eigenvalue weighted by Gasteiger charge is -2.08. The molecule has 2 aromatic carbocycles. The van der Waals surface area contributed by atoms with Gasteiger partial charge in [-0.1, -0.05) is 17.7 Å². The number of benzene rings is 2. The van der Waals surface area contributed by atoms with E-state index in [0.717, 1.165) is 20.2 Å². The van der Waals surface area contributed by atoms with Gasteiger partial charge in [0, 0.05) is 25.9 Å². The zero-order chi connectivity index (χ0) is 14.1. The summed E-state index contributed by atoms with van der Waals surface area (Å²) in [6, 6.07) is 12.9. The van der Waals surface area contributed by atoms with Gasteiger partial charge in [0.15, 0.2) is 0 Å². The minimum Gasteiger partial charge on any atom is -0.361 e. The van der Waals surface area contributed by atoms with Gasteiger partial charge in [-0.3, -0.25) is 4.79 Å². The van der Waals surface area contributed by atoms with E-state index in [1.165, 1.54) is 0 Å². The first-order valence-electron chi connectivity index (χ1n) is 5.97. The van der Waals surface area contributed by atoms with Crippen molar-refractivity contribution in [1.82, 2.24) is 4.98 Å². The summed E-state index contributed by atoms with van der Waals surface area (Å²) in [5, 5.41) is 4.63. The lowest BCUT2D eigenvalue weighted by molar-refractivity contribution is 0.102. The van der Waals surface area contributed by atoms with E-state index in [0.29, 0.717) is 10.6 Å². The summed E-state index contributed by atoms with van der Waals surface area (Å²) >= 11 is 8.05. The molecule has 1 heterocycles. The summed E-state index contributed by atoms with van der Waals surface area (Å²) in [5.74, 6) is -0.137. The van der Waals surface area contributed by atoms with Crippen molar-refractivity contribution in [3.63, 3.8) is 0 Å². The zero-order valence-electron chi connectivity index (χ0n) is 10.3. The SMILES string of the molecule is O=C(Nc1ccc(Cl)cc1I)c1ccc2cc[nH]c2c1. The second kappa shape index (κ2) is 5.46. The molecule has 0 aliphatic carbocycles. The Hall–Kier alpha value is -1.53. The molecular weight excluding hydrogens is 387 g/mol. The molecule has 0 saturated carbocycles. The standard InChI is InChI=1S/C15H10ClIN2O/c16-11-3-4-13(12(17)8-11)19-15(20)10-2-1-9-5-6-18-14(9)7-10/h1-8,18H,(H,19,20). The zero-order valence-corrected chi connectivity index (χ0v) is 13.2. The Kier molecular flexibility index (Phi) is 3.67. The fourth-order valence-electron chi connectivity index (χ4n) is 1.97. The molecule has 0 aliphatic heterocycles. The van der Waals surface area contributed by atoms with E-state index in [1.54, 1.807) is 12.1 Å². The van der Waals surface area contributed by atoms with Crippen LogP contribution >= 0.6 is 34.2 Å². The second-order valence-electron chi connectivity index (χ2n) is 4.36. The van der Waals surface area contributed by atoms with E-state index < -0.39 is 0 Å². The summed E-state index contributed by atoms with van der Waals surface area (Å²) in [4.78, 5) is 15.4. The first kappa shape index (κ1) is 13.5. The maximum Gasteiger partial charge on any atom is 0.255 e. The van der Waals surface area contributed by atoms with Crippen molar-refractivity contribution in [2.24, 2.45) is 0 Å². The molecule has 100 valence electrons. The molecule has 3 aromatic rings. The third-order valence-electron chi connectivity index (χ3n) is 3.00. The highest BCUT2D eigenvalue weighted by atomic mass is 127. The molecule has 0 saturated heterocycles. The number of fused-ring (bicyclic) bond motifs is 1. The second-order valence-corrected chi connectivity index (χ2v) is 5.96. The molecule has 0 radical (unpaired) electrons. The van der Waals surface area contributed by atoms with E-state index in [4.69, 9.17) is 11.6 Å². The predicted molar refractivity (Wildman–Crippen MR) is 90.4 cm³/mol. The number of amides is 1. The number of halogens is 2. The topological polar surface area (TPSA) is 44.9 Å². The molecule has 1 amide bonds. The van der Waals surface area contributed by atoms with Crippen LogP contribution in [0, 0.1) is 3.57 Å². The minimum atomic E-state index is -0.137. The highest BCUT2D eigenvalue weighted by Gasteiger charge is 2.09. The largest absolute Gasteiger partial charge is 0.361 e. The van der Waals surface area contributed by atoms with Gasteiger partial charge in [-0.15, -0.1) is 0 Å². The molecule has 0 aliphatic rings. The highest BCUT2D eigenvalue weighted by molar-refractivity contribution is 14.1. The number of H-pyrrole nitrogens is 1. The molecule has 1 aromatic heterocycles. The Morgan fingerprint density at radius 1 is 1.15 bits per heavy atom. The van der Waals surface area contributed by atoms with Gasteiger partial charge in [-0.2, -0.15) is 0 Å². The Bertz CT molecular complexity index is 797. The monoisotopic (exact) mass is 396 g/mol. The summed E-state index contributed by atoms with van der Waals surface area (Å²) in [5.41, 5.74) is 2.32. The van der Waals surface area contributed by atoms with Gasteiger partial charge < -0.3 is 10.3 Å². The predicted octanol–water partition coefficient (Wildman–Crippen LogP) is 4.68. The van der Waals surface area contributed by atoms with Crippen LogP contribution in [0.15, 0.2) is 48.7 Å². The lowest BCUT2D eigenvalue weighted by atomic mass is 10.1. The fourth-order valence-corrected chi connectivity index (χ4v) is 2.98. The van der Waals surface area contributed by atoms with Gasteiger partial charge in [0.25, 0.3) is 5.91 Å². The van der Waals surface area contributed by atoms with Crippen LogP contribution in [0.2, 0.25) is 5.02 Å². The van der Waals surface area contributed by atoms with E-state index in [9.17, 15) is 4.79 Å². The molecule has 0 atom stereocenters. The number of anilines is 1. The summed E-state index contributed by atoms with van der Waals surface area (Å²) in [6.45, 7) is 0. The normalized spacial score (nSPS) is 10.7. The van der Waals surface area contributed by atoms with Gasteiger partial charge in [0.2, 0.25) is 0 Å². The summed E-state index contributed by atoms with van der Waals surface area (Å²) in [6.07, 6.45) is 1.86. The molecular formula is C15H10ClIN2O. The Labute approximate surface area is 134 Å². The highest BCUT2D eigenvalue weighted by Crippen LogP contribution is 2.23. The van der Waals surface area contributed by atoms with E-state index in [-0.39, 0.29) is 5.91 Å². The van der Waals surface area contributed by atoms with Crippen molar-refractivity contribution < 1.29 is 4.79 Å².